The van der Waals surface area contributed by atoms with Crippen LogP contribution in [0.25, 0.3) is 33.5 Å². The van der Waals surface area contributed by atoms with Crippen molar-refractivity contribution in [1.82, 2.24) is 24.5 Å². The van der Waals surface area contributed by atoms with Crippen molar-refractivity contribution in [2.75, 3.05) is 0 Å². The summed E-state index contributed by atoms with van der Waals surface area (Å²) in [5, 5.41) is 1.13. The van der Waals surface area contributed by atoms with Crippen LogP contribution < -0.4 is 0 Å². The van der Waals surface area contributed by atoms with Gasteiger partial charge in [0.15, 0.2) is 11.5 Å². The Morgan fingerprint density at radius 1 is 1.16 bits per heavy atom. The third-order valence-corrected chi connectivity index (χ3v) is 3.29. The monoisotopic (exact) mass is 249 g/mol. The molecule has 19 heavy (non-hydrogen) atoms. The Labute approximate surface area is 109 Å². The summed E-state index contributed by atoms with van der Waals surface area (Å²) in [5.41, 5.74) is 3.78. The third-order valence-electron chi connectivity index (χ3n) is 3.29. The van der Waals surface area contributed by atoms with Gasteiger partial charge in [0.05, 0.1) is 12.5 Å². The Balaban J connectivity index is 2.03. The summed E-state index contributed by atoms with van der Waals surface area (Å²) in [6, 6.07) is 8.13. The normalized spacial score (nSPS) is 11.4. The average molecular weight is 249 g/mol. The number of benzene rings is 1. The third kappa shape index (κ3) is 1.45. The van der Waals surface area contributed by atoms with Gasteiger partial charge in [-0.3, -0.25) is 0 Å². The molecule has 0 aliphatic rings. The molecule has 0 radical (unpaired) electrons. The summed E-state index contributed by atoms with van der Waals surface area (Å²) < 4.78 is 1.90. The fourth-order valence-electron chi connectivity index (χ4n) is 2.33. The van der Waals surface area contributed by atoms with E-state index in [-0.39, 0.29) is 0 Å². The summed E-state index contributed by atoms with van der Waals surface area (Å²) in [6.45, 7) is 0. The van der Waals surface area contributed by atoms with E-state index >= 15 is 0 Å². The lowest BCUT2D eigenvalue weighted by Crippen LogP contribution is -1.93. The van der Waals surface area contributed by atoms with Crippen LogP contribution in [-0.2, 0) is 7.05 Å². The Hall–Kier alpha value is -2.69. The first kappa shape index (κ1) is 10.3. The lowest BCUT2D eigenvalue weighted by molar-refractivity contribution is 0.929. The van der Waals surface area contributed by atoms with Crippen LogP contribution in [-0.4, -0.2) is 24.5 Å². The van der Waals surface area contributed by atoms with Crippen molar-refractivity contribution in [3.05, 3.63) is 43.0 Å². The first-order valence-electron chi connectivity index (χ1n) is 6.03. The number of imidazole rings is 1. The van der Waals surface area contributed by atoms with Gasteiger partial charge in [0.1, 0.15) is 5.52 Å². The second-order valence-corrected chi connectivity index (χ2v) is 4.50. The van der Waals surface area contributed by atoms with Gasteiger partial charge in [0.2, 0.25) is 0 Å². The van der Waals surface area contributed by atoms with E-state index in [0.717, 1.165) is 33.5 Å². The lowest BCUT2D eigenvalue weighted by Gasteiger charge is -2.02. The van der Waals surface area contributed by atoms with Gasteiger partial charge in [-0.15, -0.1) is 0 Å². The second kappa shape index (κ2) is 3.65. The summed E-state index contributed by atoms with van der Waals surface area (Å²) in [4.78, 5) is 16.5. The molecule has 0 saturated heterocycles. The van der Waals surface area contributed by atoms with Crippen LogP contribution in [0, 0.1) is 0 Å². The molecule has 0 spiro atoms. The SMILES string of the molecule is Cn1cnc2cnc(-c3cccc4[nH]ccc34)nc21. The van der Waals surface area contributed by atoms with E-state index in [1.807, 2.05) is 42.1 Å². The van der Waals surface area contributed by atoms with Crippen LogP contribution in [0.4, 0.5) is 0 Å². The molecule has 3 aromatic heterocycles. The molecule has 5 heteroatoms. The first-order chi connectivity index (χ1) is 9.33. The van der Waals surface area contributed by atoms with Gasteiger partial charge in [-0.2, -0.15) is 0 Å². The van der Waals surface area contributed by atoms with Crippen molar-refractivity contribution >= 4 is 22.1 Å². The van der Waals surface area contributed by atoms with E-state index < -0.39 is 0 Å². The van der Waals surface area contributed by atoms with Gasteiger partial charge < -0.3 is 9.55 Å². The Bertz CT molecular complexity index is 887. The number of aromatic nitrogens is 5. The van der Waals surface area contributed by atoms with E-state index in [9.17, 15) is 0 Å². The van der Waals surface area contributed by atoms with Crippen LogP contribution in [0.3, 0.4) is 0 Å². The van der Waals surface area contributed by atoms with Crippen LogP contribution in [0.15, 0.2) is 43.0 Å². The van der Waals surface area contributed by atoms with Gasteiger partial charge >= 0.3 is 0 Å². The number of nitrogens with zero attached hydrogens (tertiary/aromatic N) is 4. The molecule has 4 rings (SSSR count). The van der Waals surface area contributed by atoms with Crippen LogP contribution in [0.1, 0.15) is 0 Å². The number of aromatic amines is 1. The zero-order valence-electron chi connectivity index (χ0n) is 10.3. The van der Waals surface area contributed by atoms with Gasteiger partial charge in [0, 0.05) is 29.7 Å². The lowest BCUT2D eigenvalue weighted by atomic mass is 10.1. The summed E-state index contributed by atoms with van der Waals surface area (Å²) in [7, 11) is 1.93. The molecule has 92 valence electrons. The smallest absolute Gasteiger partial charge is 0.163 e. The molecule has 0 aliphatic carbocycles. The van der Waals surface area contributed by atoms with E-state index in [1.165, 1.54) is 0 Å². The van der Waals surface area contributed by atoms with Crippen molar-refractivity contribution < 1.29 is 0 Å². The molecule has 3 heterocycles. The van der Waals surface area contributed by atoms with Crippen molar-refractivity contribution in [2.24, 2.45) is 7.05 Å². The summed E-state index contributed by atoms with van der Waals surface area (Å²) in [5.74, 6) is 0.723. The number of nitrogens with one attached hydrogen (secondary N) is 1. The van der Waals surface area contributed by atoms with E-state index in [2.05, 4.69) is 19.9 Å². The second-order valence-electron chi connectivity index (χ2n) is 4.50. The highest BCUT2D eigenvalue weighted by Crippen LogP contribution is 2.26. The fraction of sp³-hybridized carbons (Fsp3) is 0.0714. The quantitative estimate of drug-likeness (QED) is 0.564. The number of rotatable bonds is 1. The average Bonchev–Trinajstić information content (AvgIpc) is 3.05. The van der Waals surface area contributed by atoms with Crippen molar-refractivity contribution in [2.45, 2.75) is 0 Å². The number of fused-ring (bicyclic) bond motifs is 2. The first-order valence-corrected chi connectivity index (χ1v) is 6.03. The molecule has 1 N–H and O–H groups in total. The maximum Gasteiger partial charge on any atom is 0.163 e. The Morgan fingerprint density at radius 3 is 3.05 bits per heavy atom. The van der Waals surface area contributed by atoms with Gasteiger partial charge in [0.25, 0.3) is 0 Å². The molecular weight excluding hydrogens is 238 g/mol. The Morgan fingerprint density at radius 2 is 2.11 bits per heavy atom. The van der Waals surface area contributed by atoms with Gasteiger partial charge in [-0.05, 0) is 12.1 Å². The molecule has 0 bridgehead atoms. The number of hydrogen-bond acceptors (Lipinski definition) is 3. The highest BCUT2D eigenvalue weighted by molar-refractivity contribution is 5.93. The van der Waals surface area contributed by atoms with Crippen molar-refractivity contribution in [1.29, 1.82) is 0 Å². The zero-order valence-corrected chi connectivity index (χ0v) is 10.3. The van der Waals surface area contributed by atoms with Crippen LogP contribution in [0.5, 0.6) is 0 Å². The van der Waals surface area contributed by atoms with Gasteiger partial charge in [-0.1, -0.05) is 12.1 Å². The molecule has 0 atom stereocenters. The minimum absolute atomic E-state index is 0.723. The minimum Gasteiger partial charge on any atom is -0.361 e. The number of hydrogen-bond donors (Lipinski definition) is 1. The maximum absolute atomic E-state index is 4.61. The maximum atomic E-state index is 4.61. The predicted octanol–water partition coefficient (Wildman–Crippen LogP) is 2.51. The van der Waals surface area contributed by atoms with Crippen LogP contribution in [0.2, 0.25) is 0 Å². The van der Waals surface area contributed by atoms with Crippen molar-refractivity contribution in [3.63, 3.8) is 0 Å². The molecule has 4 aromatic rings. The number of aryl methyl sites for hydroxylation is 1. The molecule has 0 unspecified atom stereocenters. The van der Waals surface area contributed by atoms with E-state index in [4.69, 9.17) is 0 Å². The number of H-pyrrole nitrogens is 1. The van der Waals surface area contributed by atoms with Gasteiger partial charge in [-0.25, -0.2) is 15.0 Å². The highest BCUT2D eigenvalue weighted by atomic mass is 15.1. The minimum atomic E-state index is 0.723. The molecule has 1 aromatic carbocycles. The highest BCUT2D eigenvalue weighted by Gasteiger charge is 2.09. The topological polar surface area (TPSA) is 59.4 Å². The molecule has 0 aliphatic heterocycles. The molecular formula is C14H11N5. The summed E-state index contributed by atoms with van der Waals surface area (Å²) >= 11 is 0. The largest absolute Gasteiger partial charge is 0.361 e. The Kier molecular flexibility index (Phi) is 1.97. The fourth-order valence-corrected chi connectivity index (χ4v) is 2.33. The summed E-state index contributed by atoms with van der Waals surface area (Å²) in [6.07, 6.45) is 5.44. The predicted molar refractivity (Wildman–Crippen MR) is 73.6 cm³/mol. The zero-order chi connectivity index (χ0) is 12.8. The molecule has 5 nitrogen and oxygen atoms in total. The van der Waals surface area contributed by atoms with Crippen LogP contribution >= 0.6 is 0 Å². The van der Waals surface area contributed by atoms with Crippen molar-refractivity contribution in [3.8, 4) is 11.4 Å². The molecule has 0 fully saturated rings. The molecule has 0 saturated carbocycles. The standard InChI is InChI=1S/C14H11N5/c1-19-8-17-12-7-16-13(18-14(12)19)10-3-2-4-11-9(10)5-6-15-11/h2-8,15H,1H3. The van der Waals surface area contributed by atoms with E-state index in [1.54, 1.807) is 12.5 Å². The van der Waals surface area contributed by atoms with E-state index in [0.29, 0.717) is 0 Å². The molecule has 0 amide bonds.